The molecular formula is C23H22N4O3. The lowest BCUT2D eigenvalue weighted by Crippen LogP contribution is -2.35. The van der Waals surface area contributed by atoms with Crippen LogP contribution in [-0.2, 0) is 16.1 Å². The fourth-order valence-electron chi connectivity index (χ4n) is 3.46. The van der Waals surface area contributed by atoms with E-state index in [9.17, 15) is 14.4 Å². The highest BCUT2D eigenvalue weighted by Crippen LogP contribution is 2.26. The maximum absolute atomic E-state index is 12.8. The van der Waals surface area contributed by atoms with Gasteiger partial charge in [-0.15, -0.1) is 0 Å². The molecular weight excluding hydrogens is 380 g/mol. The van der Waals surface area contributed by atoms with Gasteiger partial charge in [0.2, 0.25) is 0 Å². The summed E-state index contributed by atoms with van der Waals surface area (Å²) in [5.74, 6) is -1.50. The molecule has 1 aliphatic heterocycles. The highest BCUT2D eigenvalue weighted by Gasteiger charge is 2.44. The van der Waals surface area contributed by atoms with E-state index in [1.54, 1.807) is 10.9 Å². The van der Waals surface area contributed by atoms with Crippen LogP contribution in [0.4, 0.5) is 4.79 Å². The minimum Gasteiger partial charge on any atom is -0.263 e. The zero-order valence-electron chi connectivity index (χ0n) is 16.9. The monoisotopic (exact) mass is 402 g/mol. The number of benzene rings is 2. The van der Waals surface area contributed by atoms with Crippen molar-refractivity contribution in [1.29, 1.82) is 0 Å². The Bertz CT molecular complexity index is 1090. The largest absolute Gasteiger partial charge is 0.334 e. The topological polar surface area (TPSA) is 75.5 Å². The van der Waals surface area contributed by atoms with E-state index in [1.165, 1.54) is 0 Å². The summed E-state index contributed by atoms with van der Waals surface area (Å²) in [6, 6.07) is 18.6. The molecule has 0 N–H and O–H groups in total. The zero-order chi connectivity index (χ0) is 21.3. The van der Waals surface area contributed by atoms with E-state index in [0.29, 0.717) is 11.3 Å². The highest BCUT2D eigenvalue weighted by molar-refractivity contribution is 6.44. The number of nitrogens with zero attached hydrogens (tertiary/aromatic N) is 4. The summed E-state index contributed by atoms with van der Waals surface area (Å²) in [7, 11) is 0. The molecule has 7 heteroatoms. The molecule has 7 nitrogen and oxygen atoms in total. The molecule has 0 spiro atoms. The molecule has 1 fully saturated rings. The van der Waals surface area contributed by atoms with Gasteiger partial charge >= 0.3 is 17.8 Å². The van der Waals surface area contributed by atoms with Crippen LogP contribution in [0, 0.1) is 5.92 Å². The van der Waals surface area contributed by atoms with Crippen LogP contribution in [0.15, 0.2) is 66.9 Å². The van der Waals surface area contributed by atoms with E-state index in [-0.39, 0.29) is 19.0 Å². The molecule has 1 aliphatic rings. The minimum atomic E-state index is -0.799. The Labute approximate surface area is 174 Å². The van der Waals surface area contributed by atoms with Gasteiger partial charge in [0, 0.05) is 23.9 Å². The van der Waals surface area contributed by atoms with Crippen molar-refractivity contribution in [2.24, 2.45) is 5.92 Å². The molecule has 1 aromatic heterocycles. The first-order valence-electron chi connectivity index (χ1n) is 9.82. The Kier molecular flexibility index (Phi) is 5.18. The van der Waals surface area contributed by atoms with Crippen LogP contribution in [0.25, 0.3) is 16.9 Å². The Morgan fingerprint density at radius 2 is 1.43 bits per heavy atom. The average molecular weight is 402 g/mol. The summed E-state index contributed by atoms with van der Waals surface area (Å²) in [6.45, 7) is 3.99. The van der Waals surface area contributed by atoms with Crippen molar-refractivity contribution in [3.63, 3.8) is 0 Å². The molecule has 4 amide bonds. The average Bonchev–Trinajstić information content (AvgIpc) is 3.26. The molecule has 0 unspecified atom stereocenters. The number of hydrogen-bond donors (Lipinski definition) is 0. The fourth-order valence-corrected chi connectivity index (χ4v) is 3.46. The summed E-state index contributed by atoms with van der Waals surface area (Å²) in [6.07, 6.45) is 1.80. The van der Waals surface area contributed by atoms with E-state index in [4.69, 9.17) is 5.10 Å². The third-order valence-electron chi connectivity index (χ3n) is 4.87. The fraction of sp³-hybridized carbons (Fsp3) is 0.217. The van der Waals surface area contributed by atoms with Crippen LogP contribution in [-0.4, -0.2) is 44.0 Å². The molecule has 0 saturated carbocycles. The molecule has 1 saturated heterocycles. The van der Waals surface area contributed by atoms with Gasteiger partial charge in [0.05, 0.1) is 17.9 Å². The smallest absolute Gasteiger partial charge is 0.263 e. The summed E-state index contributed by atoms with van der Waals surface area (Å²) in [4.78, 5) is 39.7. The number of carbonyl (C=O) groups is 3. The maximum atomic E-state index is 12.8. The van der Waals surface area contributed by atoms with E-state index in [1.807, 2.05) is 74.5 Å². The quantitative estimate of drug-likeness (QED) is 0.467. The van der Waals surface area contributed by atoms with E-state index in [2.05, 4.69) is 0 Å². The van der Waals surface area contributed by atoms with Crippen molar-refractivity contribution in [3.05, 3.63) is 72.4 Å². The van der Waals surface area contributed by atoms with E-state index < -0.39 is 17.8 Å². The number of amides is 4. The van der Waals surface area contributed by atoms with Gasteiger partial charge in [0.25, 0.3) is 0 Å². The predicted molar refractivity (Wildman–Crippen MR) is 111 cm³/mol. The number of urea groups is 1. The van der Waals surface area contributed by atoms with Crippen molar-refractivity contribution < 1.29 is 14.4 Å². The van der Waals surface area contributed by atoms with Gasteiger partial charge in [-0.25, -0.2) is 9.48 Å². The zero-order valence-corrected chi connectivity index (χ0v) is 16.9. The molecule has 0 aliphatic carbocycles. The van der Waals surface area contributed by atoms with Crippen LogP contribution < -0.4 is 0 Å². The van der Waals surface area contributed by atoms with Gasteiger partial charge in [0.15, 0.2) is 0 Å². The molecule has 152 valence electrons. The van der Waals surface area contributed by atoms with Crippen molar-refractivity contribution in [2.75, 3.05) is 6.54 Å². The molecule has 2 heterocycles. The summed E-state index contributed by atoms with van der Waals surface area (Å²) in [5.41, 5.74) is 3.07. The summed E-state index contributed by atoms with van der Waals surface area (Å²) < 4.78 is 1.72. The third-order valence-corrected chi connectivity index (χ3v) is 4.87. The van der Waals surface area contributed by atoms with Gasteiger partial charge in [0.1, 0.15) is 0 Å². The first-order chi connectivity index (χ1) is 14.5. The van der Waals surface area contributed by atoms with Crippen LogP contribution in [0.5, 0.6) is 0 Å². The highest BCUT2D eigenvalue weighted by atomic mass is 16.2. The van der Waals surface area contributed by atoms with Crippen molar-refractivity contribution in [2.45, 2.75) is 20.4 Å². The lowest BCUT2D eigenvalue weighted by molar-refractivity contribution is -0.143. The Morgan fingerprint density at radius 1 is 0.833 bits per heavy atom. The number of aromatic nitrogens is 2. The molecule has 0 atom stereocenters. The Balaban J connectivity index is 1.71. The Morgan fingerprint density at radius 3 is 2.07 bits per heavy atom. The van der Waals surface area contributed by atoms with Gasteiger partial charge in [-0.3, -0.25) is 19.4 Å². The second-order valence-electron chi connectivity index (χ2n) is 7.63. The molecule has 30 heavy (non-hydrogen) atoms. The predicted octanol–water partition coefficient (Wildman–Crippen LogP) is 3.49. The van der Waals surface area contributed by atoms with Gasteiger partial charge < -0.3 is 0 Å². The summed E-state index contributed by atoms with van der Waals surface area (Å²) >= 11 is 0. The first-order valence-corrected chi connectivity index (χ1v) is 9.82. The lowest BCUT2D eigenvalue weighted by atomic mass is 10.1. The number of imide groups is 2. The van der Waals surface area contributed by atoms with Crippen molar-refractivity contribution >= 4 is 17.8 Å². The molecule has 4 rings (SSSR count). The van der Waals surface area contributed by atoms with Gasteiger partial charge in [-0.1, -0.05) is 62.4 Å². The minimum absolute atomic E-state index is 0.0188. The molecule has 2 aromatic carbocycles. The van der Waals surface area contributed by atoms with Crippen LogP contribution in [0.2, 0.25) is 0 Å². The lowest BCUT2D eigenvalue weighted by Gasteiger charge is -2.17. The van der Waals surface area contributed by atoms with Gasteiger partial charge in [-0.2, -0.15) is 5.10 Å². The molecule has 0 bridgehead atoms. The van der Waals surface area contributed by atoms with E-state index in [0.717, 1.165) is 21.1 Å². The van der Waals surface area contributed by atoms with E-state index >= 15 is 0 Å². The number of carbonyl (C=O) groups excluding carboxylic acids is 3. The van der Waals surface area contributed by atoms with Gasteiger partial charge in [-0.05, 0) is 18.1 Å². The number of hydrogen-bond acceptors (Lipinski definition) is 4. The molecule has 0 radical (unpaired) electrons. The summed E-state index contributed by atoms with van der Waals surface area (Å²) in [5, 5.41) is 4.70. The van der Waals surface area contributed by atoms with Crippen molar-refractivity contribution in [3.8, 4) is 16.9 Å². The number of rotatable bonds is 6. The first kappa shape index (κ1) is 19.6. The third kappa shape index (κ3) is 3.61. The SMILES string of the molecule is CC(C)CN1C(=O)C(=O)N(Cc2cn(-c3ccccc3)nc2-c2ccccc2)C1=O. The van der Waals surface area contributed by atoms with Crippen LogP contribution in [0.1, 0.15) is 19.4 Å². The Hall–Kier alpha value is -3.74. The normalized spacial score (nSPS) is 14.3. The van der Waals surface area contributed by atoms with Crippen LogP contribution >= 0.6 is 0 Å². The van der Waals surface area contributed by atoms with Crippen LogP contribution in [0.3, 0.4) is 0 Å². The second kappa shape index (κ2) is 7.94. The van der Waals surface area contributed by atoms with Crippen molar-refractivity contribution in [1.82, 2.24) is 19.6 Å². The number of para-hydroxylation sites is 1. The standard InChI is InChI=1S/C23H22N4O3/c1-16(2)13-25-21(28)22(29)26(23(25)30)14-18-15-27(19-11-7-4-8-12-19)24-20(18)17-9-5-3-6-10-17/h3-12,15-16H,13-14H2,1-2H3. The molecule has 3 aromatic rings. The maximum Gasteiger partial charge on any atom is 0.334 e. The second-order valence-corrected chi connectivity index (χ2v) is 7.63.